The van der Waals surface area contributed by atoms with E-state index in [0.717, 1.165) is 38.9 Å². The van der Waals surface area contributed by atoms with Gasteiger partial charge in [0.15, 0.2) is 5.13 Å². The van der Waals surface area contributed by atoms with Crippen molar-refractivity contribution in [1.82, 2.24) is 9.29 Å². The summed E-state index contributed by atoms with van der Waals surface area (Å²) in [4.78, 5) is 17.5. The van der Waals surface area contributed by atoms with Crippen LogP contribution in [-0.2, 0) is 16.4 Å². The summed E-state index contributed by atoms with van der Waals surface area (Å²) in [6.45, 7) is 4.22. The molecule has 2 heterocycles. The highest BCUT2D eigenvalue weighted by Gasteiger charge is 2.23. The molecule has 1 amide bonds. The lowest BCUT2D eigenvalue weighted by Crippen LogP contribution is -2.24. The molecule has 0 saturated heterocycles. The average Bonchev–Trinajstić information content (AvgIpc) is 3.38. The first-order chi connectivity index (χ1) is 14.7. The molecule has 7 nitrogen and oxygen atoms in total. The van der Waals surface area contributed by atoms with E-state index in [4.69, 9.17) is 4.74 Å². The molecule has 162 valence electrons. The zero-order valence-corrected chi connectivity index (χ0v) is 19.4. The minimum Gasteiger partial charge on any atom is -0.493 e. The van der Waals surface area contributed by atoms with Crippen molar-refractivity contribution in [3.8, 4) is 17.0 Å². The van der Waals surface area contributed by atoms with E-state index in [0.29, 0.717) is 17.3 Å². The number of ether oxygens (including phenoxy) is 1. The fourth-order valence-electron chi connectivity index (χ4n) is 3.40. The number of hydrogen-bond donors (Lipinski definition) is 1. The van der Waals surface area contributed by atoms with Crippen molar-refractivity contribution in [1.29, 1.82) is 0 Å². The van der Waals surface area contributed by atoms with Crippen molar-refractivity contribution in [2.45, 2.75) is 25.2 Å². The molecular weight excluding hydrogens is 434 g/mol. The summed E-state index contributed by atoms with van der Waals surface area (Å²) in [7, 11) is -0.723. The summed E-state index contributed by atoms with van der Waals surface area (Å²) in [5, 5.41) is 5.13. The number of thiazole rings is 1. The molecule has 0 saturated carbocycles. The van der Waals surface area contributed by atoms with Gasteiger partial charge in [0.25, 0.3) is 5.91 Å². The van der Waals surface area contributed by atoms with Crippen molar-refractivity contribution in [2.24, 2.45) is 0 Å². The number of anilines is 1. The molecule has 1 aromatic heterocycles. The lowest BCUT2D eigenvalue weighted by molar-refractivity contribution is 0.102. The second kappa shape index (κ2) is 8.07. The standard InChI is InChI=1S/C22H23N3O4S2/c1-13-9-17(11-20(14(13)2)31(27,28)25(3)4)21(26)24-22-23-18(12-30-22)15-5-6-19-16(10-15)7-8-29-19/h5-6,9-12H,7-8H2,1-4H3,(H,23,24,26). The molecule has 0 fully saturated rings. The number of sulfonamides is 1. The molecule has 3 aromatic rings. The van der Waals surface area contributed by atoms with Gasteiger partial charge in [0.1, 0.15) is 5.75 Å². The predicted octanol–water partition coefficient (Wildman–Crippen LogP) is 3.86. The quantitative estimate of drug-likeness (QED) is 0.628. The third kappa shape index (κ3) is 4.08. The smallest absolute Gasteiger partial charge is 0.257 e. The molecule has 0 unspecified atom stereocenters. The van der Waals surface area contributed by atoms with Gasteiger partial charge in [-0.25, -0.2) is 17.7 Å². The number of fused-ring (bicyclic) bond motifs is 1. The molecule has 0 atom stereocenters. The molecule has 0 radical (unpaired) electrons. The van der Waals surface area contributed by atoms with Crippen molar-refractivity contribution >= 4 is 32.4 Å². The van der Waals surface area contributed by atoms with Crippen LogP contribution in [0.2, 0.25) is 0 Å². The molecule has 0 aliphatic carbocycles. The summed E-state index contributed by atoms with van der Waals surface area (Å²) in [5.41, 5.74) is 4.52. The first-order valence-electron chi connectivity index (χ1n) is 9.73. The summed E-state index contributed by atoms with van der Waals surface area (Å²) in [6, 6.07) is 9.06. The van der Waals surface area contributed by atoms with Crippen molar-refractivity contribution in [2.75, 3.05) is 26.0 Å². The molecule has 4 rings (SSSR count). The molecule has 0 spiro atoms. The van der Waals surface area contributed by atoms with E-state index in [1.807, 2.05) is 17.5 Å². The number of carbonyl (C=O) groups is 1. The Morgan fingerprint density at radius 3 is 2.71 bits per heavy atom. The van der Waals surface area contributed by atoms with Gasteiger partial charge in [0.05, 0.1) is 17.2 Å². The first-order valence-corrected chi connectivity index (χ1v) is 12.1. The van der Waals surface area contributed by atoms with Crippen LogP contribution in [-0.4, -0.2) is 44.3 Å². The minimum absolute atomic E-state index is 0.128. The highest BCUT2D eigenvalue weighted by Crippen LogP contribution is 2.32. The van der Waals surface area contributed by atoms with E-state index in [-0.39, 0.29) is 10.5 Å². The fourth-order valence-corrected chi connectivity index (χ4v) is 5.33. The average molecular weight is 458 g/mol. The number of hydrogen-bond acceptors (Lipinski definition) is 6. The van der Waals surface area contributed by atoms with Gasteiger partial charge in [-0.1, -0.05) is 0 Å². The monoisotopic (exact) mass is 457 g/mol. The van der Waals surface area contributed by atoms with Crippen molar-refractivity contribution in [3.05, 3.63) is 58.0 Å². The van der Waals surface area contributed by atoms with E-state index in [9.17, 15) is 13.2 Å². The van der Waals surface area contributed by atoms with Crippen LogP contribution in [0.4, 0.5) is 5.13 Å². The van der Waals surface area contributed by atoms with E-state index >= 15 is 0 Å². The Morgan fingerprint density at radius 1 is 1.19 bits per heavy atom. The maximum Gasteiger partial charge on any atom is 0.257 e. The zero-order valence-electron chi connectivity index (χ0n) is 17.7. The van der Waals surface area contributed by atoms with Gasteiger partial charge < -0.3 is 4.74 Å². The van der Waals surface area contributed by atoms with E-state index < -0.39 is 15.9 Å². The predicted molar refractivity (Wildman–Crippen MR) is 121 cm³/mol. The molecule has 31 heavy (non-hydrogen) atoms. The number of aromatic nitrogens is 1. The fraction of sp³-hybridized carbons (Fsp3) is 0.273. The third-order valence-electron chi connectivity index (χ3n) is 5.35. The maximum absolute atomic E-state index is 12.9. The summed E-state index contributed by atoms with van der Waals surface area (Å²) in [5.74, 6) is 0.507. The lowest BCUT2D eigenvalue weighted by Gasteiger charge is -2.16. The molecule has 1 aliphatic heterocycles. The third-order valence-corrected chi connectivity index (χ3v) is 8.05. The van der Waals surface area contributed by atoms with Gasteiger partial charge in [0, 0.05) is 37.0 Å². The van der Waals surface area contributed by atoms with Gasteiger partial charge in [0.2, 0.25) is 10.0 Å². The second-order valence-electron chi connectivity index (χ2n) is 7.62. The number of aryl methyl sites for hydroxylation is 1. The van der Waals surface area contributed by atoms with Crippen LogP contribution in [0.15, 0.2) is 40.6 Å². The van der Waals surface area contributed by atoms with Gasteiger partial charge in [-0.05, 0) is 60.9 Å². The van der Waals surface area contributed by atoms with Crippen LogP contribution in [0.5, 0.6) is 5.75 Å². The van der Waals surface area contributed by atoms with Crippen LogP contribution in [0.25, 0.3) is 11.3 Å². The van der Waals surface area contributed by atoms with Gasteiger partial charge in [-0.3, -0.25) is 10.1 Å². The zero-order chi connectivity index (χ0) is 22.3. The first kappa shape index (κ1) is 21.5. The van der Waals surface area contributed by atoms with E-state index in [1.54, 1.807) is 19.9 Å². The van der Waals surface area contributed by atoms with Crippen LogP contribution >= 0.6 is 11.3 Å². The van der Waals surface area contributed by atoms with Crippen molar-refractivity contribution < 1.29 is 17.9 Å². The van der Waals surface area contributed by atoms with E-state index in [2.05, 4.69) is 16.4 Å². The second-order valence-corrected chi connectivity index (χ2v) is 10.6. The molecule has 9 heteroatoms. The van der Waals surface area contributed by atoms with Gasteiger partial charge in [-0.15, -0.1) is 11.3 Å². The minimum atomic E-state index is -3.67. The number of nitrogens with zero attached hydrogens (tertiary/aromatic N) is 2. The normalized spacial score (nSPS) is 13.2. The Hall–Kier alpha value is -2.75. The largest absolute Gasteiger partial charge is 0.493 e. The number of rotatable bonds is 5. The Labute approximate surface area is 185 Å². The number of carbonyl (C=O) groups excluding carboxylic acids is 1. The highest BCUT2D eigenvalue weighted by molar-refractivity contribution is 7.89. The number of nitrogens with one attached hydrogen (secondary N) is 1. The Balaban J connectivity index is 1.59. The van der Waals surface area contributed by atoms with Crippen LogP contribution in [0.3, 0.4) is 0 Å². The molecule has 2 aromatic carbocycles. The Bertz CT molecular complexity index is 1280. The number of amides is 1. The van der Waals surface area contributed by atoms with Crippen LogP contribution in [0, 0.1) is 13.8 Å². The summed E-state index contributed by atoms with van der Waals surface area (Å²) in [6.07, 6.45) is 0.877. The summed E-state index contributed by atoms with van der Waals surface area (Å²) >= 11 is 1.32. The Kier molecular flexibility index (Phi) is 5.59. The van der Waals surface area contributed by atoms with Crippen LogP contribution in [0.1, 0.15) is 27.0 Å². The lowest BCUT2D eigenvalue weighted by atomic mass is 10.1. The van der Waals surface area contributed by atoms with Gasteiger partial charge >= 0.3 is 0 Å². The topological polar surface area (TPSA) is 88.6 Å². The molecule has 0 bridgehead atoms. The Morgan fingerprint density at radius 2 is 1.97 bits per heavy atom. The molecule has 1 aliphatic rings. The highest BCUT2D eigenvalue weighted by atomic mass is 32.2. The maximum atomic E-state index is 12.9. The number of benzene rings is 2. The van der Waals surface area contributed by atoms with Crippen LogP contribution < -0.4 is 10.1 Å². The van der Waals surface area contributed by atoms with Crippen molar-refractivity contribution in [3.63, 3.8) is 0 Å². The molecule has 1 N–H and O–H groups in total. The summed E-state index contributed by atoms with van der Waals surface area (Å²) < 4.78 is 32.0. The molecular formula is C22H23N3O4S2. The SMILES string of the molecule is Cc1cc(C(=O)Nc2nc(-c3ccc4c(c3)CCO4)cs2)cc(S(=O)(=O)N(C)C)c1C. The van der Waals surface area contributed by atoms with E-state index in [1.165, 1.54) is 31.5 Å². The van der Waals surface area contributed by atoms with Gasteiger partial charge in [-0.2, -0.15) is 0 Å².